The molecule has 0 fully saturated rings. The summed E-state index contributed by atoms with van der Waals surface area (Å²) in [7, 11) is 0. The molecule has 0 radical (unpaired) electrons. The summed E-state index contributed by atoms with van der Waals surface area (Å²) in [6.45, 7) is 0. The number of nitrogens with zero attached hydrogens (tertiary/aromatic N) is 1. The van der Waals surface area contributed by atoms with Crippen LogP contribution in [-0.4, -0.2) is 10.9 Å². The molecular formula is C23H15F3N2O2. The van der Waals surface area contributed by atoms with E-state index < -0.39 is 11.7 Å². The first-order valence-corrected chi connectivity index (χ1v) is 9.00. The second kappa shape index (κ2) is 7.87. The zero-order valence-electron chi connectivity index (χ0n) is 15.5. The first kappa shape index (κ1) is 19.4. The Balaban J connectivity index is 1.42. The van der Waals surface area contributed by atoms with Gasteiger partial charge in [-0.1, -0.05) is 12.1 Å². The van der Waals surface area contributed by atoms with Crippen LogP contribution in [0.1, 0.15) is 15.9 Å². The first-order valence-electron chi connectivity index (χ1n) is 9.00. The summed E-state index contributed by atoms with van der Waals surface area (Å²) in [5.41, 5.74) is 1.06. The Labute approximate surface area is 169 Å². The summed E-state index contributed by atoms with van der Waals surface area (Å²) in [6.07, 6.45) is -2.71. The molecule has 1 amide bonds. The molecule has 150 valence electrons. The normalized spacial score (nSPS) is 11.3. The number of carbonyl (C=O) groups excluding carboxylic acids is 1. The maximum absolute atomic E-state index is 12.6. The van der Waals surface area contributed by atoms with E-state index in [1.807, 2.05) is 18.2 Å². The van der Waals surface area contributed by atoms with Gasteiger partial charge in [0.05, 0.1) is 11.1 Å². The molecule has 0 saturated heterocycles. The van der Waals surface area contributed by atoms with Crippen LogP contribution in [0.25, 0.3) is 10.9 Å². The zero-order chi connectivity index (χ0) is 21.1. The minimum atomic E-state index is -4.39. The third kappa shape index (κ3) is 4.41. The summed E-state index contributed by atoms with van der Waals surface area (Å²) in [5, 5.41) is 3.79. The number of hydrogen-bond acceptors (Lipinski definition) is 3. The predicted molar refractivity (Wildman–Crippen MR) is 108 cm³/mol. The second-order valence-corrected chi connectivity index (χ2v) is 6.51. The smallest absolute Gasteiger partial charge is 0.416 e. The largest absolute Gasteiger partial charge is 0.457 e. The number of amides is 1. The lowest BCUT2D eigenvalue weighted by Gasteiger charge is -2.10. The van der Waals surface area contributed by atoms with Gasteiger partial charge in [-0.05, 0) is 66.7 Å². The zero-order valence-corrected chi connectivity index (χ0v) is 15.5. The number of benzene rings is 3. The topological polar surface area (TPSA) is 51.2 Å². The third-order valence-corrected chi connectivity index (χ3v) is 4.40. The number of hydrogen-bond donors (Lipinski definition) is 1. The lowest BCUT2D eigenvalue weighted by molar-refractivity contribution is -0.137. The quantitative estimate of drug-likeness (QED) is 0.431. The van der Waals surface area contributed by atoms with Gasteiger partial charge in [0.25, 0.3) is 5.91 Å². The molecule has 0 aliphatic heterocycles. The number of halogens is 3. The van der Waals surface area contributed by atoms with Gasteiger partial charge in [-0.25, -0.2) is 0 Å². The lowest BCUT2D eigenvalue weighted by Crippen LogP contribution is -2.11. The van der Waals surface area contributed by atoms with Crippen molar-refractivity contribution in [3.05, 3.63) is 96.2 Å². The molecule has 4 rings (SSSR count). The van der Waals surface area contributed by atoms with Crippen molar-refractivity contribution in [2.24, 2.45) is 0 Å². The Hall–Kier alpha value is -3.87. The number of ether oxygens (including phenoxy) is 1. The van der Waals surface area contributed by atoms with Gasteiger partial charge in [-0.3, -0.25) is 9.78 Å². The van der Waals surface area contributed by atoms with Gasteiger partial charge in [0, 0.05) is 22.8 Å². The third-order valence-electron chi connectivity index (χ3n) is 4.40. The average molecular weight is 408 g/mol. The van der Waals surface area contributed by atoms with Crippen molar-refractivity contribution < 1.29 is 22.7 Å². The summed E-state index contributed by atoms with van der Waals surface area (Å²) in [4.78, 5) is 16.7. The number of carbonyl (C=O) groups is 1. The van der Waals surface area contributed by atoms with Gasteiger partial charge in [-0.15, -0.1) is 0 Å². The number of aromatic nitrogens is 1. The van der Waals surface area contributed by atoms with E-state index in [-0.39, 0.29) is 11.7 Å². The van der Waals surface area contributed by atoms with Crippen molar-refractivity contribution in [2.45, 2.75) is 6.18 Å². The van der Waals surface area contributed by atoms with Gasteiger partial charge < -0.3 is 10.1 Å². The summed E-state index contributed by atoms with van der Waals surface area (Å²) in [5.74, 6) is 0.372. The maximum Gasteiger partial charge on any atom is 0.416 e. The van der Waals surface area contributed by atoms with Gasteiger partial charge in [-0.2, -0.15) is 13.2 Å². The molecule has 4 aromatic rings. The molecule has 0 atom stereocenters. The van der Waals surface area contributed by atoms with E-state index in [4.69, 9.17) is 4.74 Å². The highest BCUT2D eigenvalue weighted by molar-refractivity contribution is 6.05. The predicted octanol–water partition coefficient (Wildman–Crippen LogP) is 6.30. The van der Waals surface area contributed by atoms with Gasteiger partial charge >= 0.3 is 6.18 Å². The van der Waals surface area contributed by atoms with Crippen LogP contribution < -0.4 is 10.1 Å². The number of pyridine rings is 1. The van der Waals surface area contributed by atoms with E-state index in [9.17, 15) is 18.0 Å². The van der Waals surface area contributed by atoms with Crippen molar-refractivity contribution in [3.8, 4) is 11.5 Å². The number of rotatable bonds is 4. The van der Waals surface area contributed by atoms with Crippen molar-refractivity contribution in [3.63, 3.8) is 0 Å². The van der Waals surface area contributed by atoms with Gasteiger partial charge in [0.15, 0.2) is 0 Å². The lowest BCUT2D eigenvalue weighted by atomic mass is 10.1. The average Bonchev–Trinajstić information content (AvgIpc) is 2.74. The van der Waals surface area contributed by atoms with Crippen molar-refractivity contribution in [1.29, 1.82) is 0 Å². The van der Waals surface area contributed by atoms with Crippen LogP contribution in [0.5, 0.6) is 11.5 Å². The Bertz CT molecular complexity index is 1190. The fraction of sp³-hybridized carbons (Fsp3) is 0.0435. The summed E-state index contributed by atoms with van der Waals surface area (Å²) >= 11 is 0. The summed E-state index contributed by atoms with van der Waals surface area (Å²) in [6, 6.07) is 19.9. The van der Waals surface area contributed by atoms with Gasteiger partial charge in [0.1, 0.15) is 11.5 Å². The van der Waals surface area contributed by atoms with Crippen molar-refractivity contribution in [2.75, 3.05) is 5.32 Å². The Morgan fingerprint density at radius 3 is 2.20 bits per heavy atom. The highest BCUT2D eigenvalue weighted by Crippen LogP contribution is 2.31. The van der Waals surface area contributed by atoms with Crippen LogP contribution >= 0.6 is 0 Å². The fourth-order valence-corrected chi connectivity index (χ4v) is 2.87. The molecule has 7 heteroatoms. The van der Waals surface area contributed by atoms with Crippen LogP contribution in [0.4, 0.5) is 18.9 Å². The molecule has 30 heavy (non-hydrogen) atoms. The molecule has 0 bridgehead atoms. The minimum absolute atomic E-state index is 0.267. The molecule has 0 aliphatic rings. The molecular weight excluding hydrogens is 393 g/mol. The molecule has 4 nitrogen and oxygen atoms in total. The van der Waals surface area contributed by atoms with Crippen molar-refractivity contribution in [1.82, 2.24) is 4.98 Å². The second-order valence-electron chi connectivity index (χ2n) is 6.51. The molecule has 0 saturated carbocycles. The molecule has 1 heterocycles. The number of alkyl halides is 3. The van der Waals surface area contributed by atoms with E-state index in [2.05, 4.69) is 10.3 Å². The van der Waals surface area contributed by atoms with Crippen molar-refractivity contribution >= 4 is 22.5 Å². The number of fused-ring (bicyclic) bond motifs is 1. The summed E-state index contributed by atoms with van der Waals surface area (Å²) < 4.78 is 43.4. The van der Waals surface area contributed by atoms with E-state index in [1.165, 1.54) is 12.1 Å². The Kier molecular flexibility index (Phi) is 5.10. The van der Waals surface area contributed by atoms with Crippen LogP contribution in [0.3, 0.4) is 0 Å². The Morgan fingerprint density at radius 1 is 0.867 bits per heavy atom. The number of nitrogens with one attached hydrogen (secondary N) is 1. The van der Waals surface area contributed by atoms with E-state index in [0.717, 1.165) is 23.0 Å². The van der Waals surface area contributed by atoms with Crippen LogP contribution in [-0.2, 0) is 6.18 Å². The van der Waals surface area contributed by atoms with E-state index in [0.29, 0.717) is 17.0 Å². The highest BCUT2D eigenvalue weighted by atomic mass is 19.4. The van der Waals surface area contributed by atoms with E-state index >= 15 is 0 Å². The first-order chi connectivity index (χ1) is 14.4. The molecule has 0 unspecified atom stereocenters. The number of anilines is 1. The van der Waals surface area contributed by atoms with Crippen LogP contribution in [0, 0.1) is 0 Å². The molecule has 0 aliphatic carbocycles. The van der Waals surface area contributed by atoms with Crippen LogP contribution in [0.15, 0.2) is 85.1 Å². The standard InChI is InChI=1S/C23H15F3N2O2/c24-23(25,26)17-6-11-20(12-7-17)30-19-9-4-16(5-10-19)22(29)28-18-8-3-15-2-1-13-27-21(15)14-18/h1-14H,(H,28,29). The fourth-order valence-electron chi connectivity index (χ4n) is 2.87. The molecule has 3 aromatic carbocycles. The molecule has 0 spiro atoms. The minimum Gasteiger partial charge on any atom is -0.457 e. The monoisotopic (exact) mass is 408 g/mol. The SMILES string of the molecule is O=C(Nc1ccc2cccnc2c1)c1ccc(Oc2ccc(C(F)(F)F)cc2)cc1. The molecule has 1 aromatic heterocycles. The van der Waals surface area contributed by atoms with Crippen LogP contribution in [0.2, 0.25) is 0 Å². The Morgan fingerprint density at radius 2 is 1.53 bits per heavy atom. The van der Waals surface area contributed by atoms with Gasteiger partial charge in [0.2, 0.25) is 0 Å². The maximum atomic E-state index is 12.6. The molecule has 1 N–H and O–H groups in total. The highest BCUT2D eigenvalue weighted by Gasteiger charge is 2.30. The van der Waals surface area contributed by atoms with E-state index in [1.54, 1.807) is 42.6 Å².